The zero-order chi connectivity index (χ0) is 14.4. The first-order valence-electron chi connectivity index (χ1n) is 7.26. The Bertz CT molecular complexity index is 431. The zero-order valence-corrected chi connectivity index (χ0v) is 12.4. The van der Waals surface area contributed by atoms with Gasteiger partial charge in [0, 0.05) is 19.6 Å². The molecule has 0 saturated carbocycles. The topological polar surface area (TPSA) is 41.6 Å². The number of aryl methyl sites for hydroxylation is 1. The number of benzene rings is 1. The number of rotatable bonds is 5. The summed E-state index contributed by atoms with van der Waals surface area (Å²) in [4.78, 5) is 14.1. The van der Waals surface area contributed by atoms with Gasteiger partial charge in [-0.1, -0.05) is 29.8 Å². The highest BCUT2D eigenvalue weighted by atomic mass is 16.5. The van der Waals surface area contributed by atoms with Crippen LogP contribution in [0.2, 0.25) is 0 Å². The van der Waals surface area contributed by atoms with Crippen LogP contribution in [0.15, 0.2) is 24.3 Å². The molecule has 1 aromatic rings. The number of hydrogen-bond donors (Lipinski definition) is 1. The molecule has 1 aromatic carbocycles. The Labute approximate surface area is 121 Å². The van der Waals surface area contributed by atoms with Gasteiger partial charge in [0.2, 0.25) is 5.91 Å². The van der Waals surface area contributed by atoms with Gasteiger partial charge in [-0.15, -0.1) is 0 Å². The van der Waals surface area contributed by atoms with E-state index in [2.05, 4.69) is 17.3 Å². The van der Waals surface area contributed by atoms with Crippen molar-refractivity contribution in [1.82, 2.24) is 10.2 Å². The van der Waals surface area contributed by atoms with Crippen LogP contribution in [0.1, 0.15) is 17.5 Å². The van der Waals surface area contributed by atoms with E-state index in [0.717, 1.165) is 31.7 Å². The SMILES string of the molecule is Cc1ccc(CC(=O)NCCC2CN(C)CCO2)cc1. The van der Waals surface area contributed by atoms with Gasteiger partial charge in [0.05, 0.1) is 19.1 Å². The molecule has 1 N–H and O–H groups in total. The third-order valence-electron chi connectivity index (χ3n) is 3.62. The molecular weight excluding hydrogens is 252 g/mol. The molecule has 0 aliphatic carbocycles. The number of morpholine rings is 1. The molecule has 1 fully saturated rings. The molecule has 2 rings (SSSR count). The lowest BCUT2D eigenvalue weighted by Gasteiger charge is -2.30. The van der Waals surface area contributed by atoms with E-state index in [1.165, 1.54) is 5.56 Å². The zero-order valence-electron chi connectivity index (χ0n) is 12.4. The number of carbonyl (C=O) groups is 1. The van der Waals surface area contributed by atoms with E-state index in [1.54, 1.807) is 0 Å². The van der Waals surface area contributed by atoms with E-state index in [0.29, 0.717) is 13.0 Å². The van der Waals surface area contributed by atoms with Crippen molar-refractivity contribution < 1.29 is 9.53 Å². The van der Waals surface area contributed by atoms with Gasteiger partial charge in [-0.3, -0.25) is 4.79 Å². The van der Waals surface area contributed by atoms with Gasteiger partial charge >= 0.3 is 0 Å². The van der Waals surface area contributed by atoms with Crippen molar-refractivity contribution in [1.29, 1.82) is 0 Å². The first kappa shape index (κ1) is 15.0. The second-order valence-corrected chi connectivity index (χ2v) is 5.56. The van der Waals surface area contributed by atoms with Crippen molar-refractivity contribution in [3.63, 3.8) is 0 Å². The first-order valence-corrected chi connectivity index (χ1v) is 7.26. The van der Waals surface area contributed by atoms with Gasteiger partial charge in [-0.25, -0.2) is 0 Å². The molecule has 0 bridgehead atoms. The Kier molecular flexibility index (Phi) is 5.56. The fourth-order valence-electron chi connectivity index (χ4n) is 2.37. The molecule has 4 nitrogen and oxygen atoms in total. The van der Waals surface area contributed by atoms with E-state index in [4.69, 9.17) is 4.74 Å². The van der Waals surface area contributed by atoms with Gasteiger partial charge in [-0.2, -0.15) is 0 Å². The Balaban J connectivity index is 1.66. The molecule has 0 spiro atoms. The van der Waals surface area contributed by atoms with Gasteiger partial charge in [0.1, 0.15) is 0 Å². The average molecular weight is 276 g/mol. The Hall–Kier alpha value is -1.39. The van der Waals surface area contributed by atoms with Crippen LogP contribution in [0.4, 0.5) is 0 Å². The lowest BCUT2D eigenvalue weighted by atomic mass is 10.1. The van der Waals surface area contributed by atoms with Crippen molar-refractivity contribution >= 4 is 5.91 Å². The summed E-state index contributed by atoms with van der Waals surface area (Å²) in [6, 6.07) is 8.09. The monoisotopic (exact) mass is 276 g/mol. The summed E-state index contributed by atoms with van der Waals surface area (Å²) < 4.78 is 5.67. The average Bonchev–Trinajstić information content (AvgIpc) is 2.41. The minimum absolute atomic E-state index is 0.0815. The predicted octanol–water partition coefficient (Wildman–Crippen LogP) is 1.37. The fourth-order valence-corrected chi connectivity index (χ4v) is 2.37. The molecular formula is C16H24N2O2. The minimum Gasteiger partial charge on any atom is -0.375 e. The number of hydrogen-bond acceptors (Lipinski definition) is 3. The van der Waals surface area contributed by atoms with Gasteiger partial charge < -0.3 is 15.0 Å². The molecule has 1 atom stereocenters. The highest BCUT2D eigenvalue weighted by Gasteiger charge is 2.17. The third kappa shape index (κ3) is 4.94. The standard InChI is InChI=1S/C16H24N2O2/c1-13-3-5-14(6-4-13)11-16(19)17-8-7-15-12-18(2)9-10-20-15/h3-6,15H,7-12H2,1-2H3,(H,17,19). The number of nitrogens with zero attached hydrogens (tertiary/aromatic N) is 1. The Morgan fingerprint density at radius 2 is 2.15 bits per heavy atom. The molecule has 1 saturated heterocycles. The maximum atomic E-state index is 11.8. The van der Waals surface area contributed by atoms with Crippen LogP contribution in [-0.2, 0) is 16.0 Å². The highest BCUT2D eigenvalue weighted by molar-refractivity contribution is 5.78. The Morgan fingerprint density at radius 1 is 1.40 bits per heavy atom. The third-order valence-corrected chi connectivity index (χ3v) is 3.62. The molecule has 1 amide bonds. The maximum Gasteiger partial charge on any atom is 0.224 e. The van der Waals surface area contributed by atoms with Crippen LogP contribution >= 0.6 is 0 Å². The van der Waals surface area contributed by atoms with E-state index in [1.807, 2.05) is 31.2 Å². The fraction of sp³-hybridized carbons (Fsp3) is 0.562. The van der Waals surface area contributed by atoms with E-state index in [9.17, 15) is 4.79 Å². The maximum absolute atomic E-state index is 11.8. The number of carbonyl (C=O) groups excluding carboxylic acids is 1. The summed E-state index contributed by atoms with van der Waals surface area (Å²) >= 11 is 0. The second kappa shape index (κ2) is 7.41. The van der Waals surface area contributed by atoms with Crippen molar-refractivity contribution in [2.24, 2.45) is 0 Å². The van der Waals surface area contributed by atoms with E-state index >= 15 is 0 Å². The molecule has 1 heterocycles. The lowest BCUT2D eigenvalue weighted by molar-refractivity contribution is -0.120. The molecule has 20 heavy (non-hydrogen) atoms. The molecule has 0 aromatic heterocycles. The normalized spacial score (nSPS) is 19.8. The second-order valence-electron chi connectivity index (χ2n) is 5.56. The van der Waals surface area contributed by atoms with Gasteiger partial charge in [0.15, 0.2) is 0 Å². The van der Waals surface area contributed by atoms with Crippen LogP contribution in [0.3, 0.4) is 0 Å². The van der Waals surface area contributed by atoms with Crippen LogP contribution < -0.4 is 5.32 Å². The molecule has 1 aliphatic heterocycles. The van der Waals surface area contributed by atoms with Crippen molar-refractivity contribution in [2.45, 2.75) is 25.9 Å². The molecule has 1 unspecified atom stereocenters. The van der Waals surface area contributed by atoms with Crippen LogP contribution in [0.25, 0.3) is 0 Å². The molecule has 1 aliphatic rings. The molecule has 4 heteroatoms. The smallest absolute Gasteiger partial charge is 0.224 e. The first-order chi connectivity index (χ1) is 9.63. The number of ether oxygens (including phenoxy) is 1. The van der Waals surface area contributed by atoms with E-state index in [-0.39, 0.29) is 12.0 Å². The summed E-state index contributed by atoms with van der Waals surface area (Å²) in [5.74, 6) is 0.0815. The van der Waals surface area contributed by atoms with Gasteiger partial charge in [0.25, 0.3) is 0 Å². The summed E-state index contributed by atoms with van der Waals surface area (Å²) in [5.41, 5.74) is 2.27. The summed E-state index contributed by atoms with van der Waals surface area (Å²) in [6.45, 7) is 5.47. The Morgan fingerprint density at radius 3 is 2.85 bits per heavy atom. The van der Waals surface area contributed by atoms with E-state index < -0.39 is 0 Å². The molecule has 0 radical (unpaired) electrons. The molecule has 110 valence electrons. The van der Waals surface area contributed by atoms with Crippen molar-refractivity contribution in [2.75, 3.05) is 33.3 Å². The van der Waals surface area contributed by atoms with Crippen molar-refractivity contribution in [3.8, 4) is 0 Å². The number of nitrogens with one attached hydrogen (secondary N) is 1. The lowest BCUT2D eigenvalue weighted by Crippen LogP contribution is -2.41. The number of amides is 1. The minimum atomic E-state index is 0.0815. The summed E-state index contributed by atoms with van der Waals surface area (Å²) in [5, 5.41) is 2.97. The van der Waals surface area contributed by atoms with Crippen LogP contribution in [0.5, 0.6) is 0 Å². The quantitative estimate of drug-likeness (QED) is 0.883. The number of likely N-dealkylation sites (N-methyl/N-ethyl adjacent to an activating group) is 1. The summed E-state index contributed by atoms with van der Waals surface area (Å²) in [6.07, 6.45) is 1.57. The van der Waals surface area contributed by atoms with Crippen molar-refractivity contribution in [3.05, 3.63) is 35.4 Å². The van der Waals surface area contributed by atoms with Gasteiger partial charge in [-0.05, 0) is 26.0 Å². The van der Waals surface area contributed by atoms with Crippen LogP contribution in [0, 0.1) is 6.92 Å². The van der Waals surface area contributed by atoms with Crippen LogP contribution in [-0.4, -0.2) is 50.2 Å². The predicted molar refractivity (Wildman–Crippen MR) is 79.7 cm³/mol. The summed E-state index contributed by atoms with van der Waals surface area (Å²) in [7, 11) is 2.10. The highest BCUT2D eigenvalue weighted by Crippen LogP contribution is 2.06. The largest absolute Gasteiger partial charge is 0.375 e.